The minimum absolute atomic E-state index is 0.430. The molecule has 0 unspecified atom stereocenters. The molecule has 62 valence electrons. The van der Waals surface area contributed by atoms with E-state index in [1.807, 2.05) is 10.9 Å². The van der Waals surface area contributed by atoms with Crippen molar-refractivity contribution < 1.29 is 0 Å². The van der Waals surface area contributed by atoms with Crippen LogP contribution in [0.3, 0.4) is 0 Å². The summed E-state index contributed by atoms with van der Waals surface area (Å²) in [5.74, 6) is 0. The maximum Gasteiger partial charge on any atom is 0.0725 e. The molecule has 0 saturated carbocycles. The molecule has 0 radical (unpaired) electrons. The van der Waals surface area contributed by atoms with E-state index in [4.69, 9.17) is 0 Å². The Labute approximate surface area is 67.4 Å². The number of aryl methyl sites for hydroxylation is 1. The van der Waals surface area contributed by atoms with Crippen molar-refractivity contribution in [3.05, 3.63) is 11.9 Å². The average molecular weight is 153 g/mol. The number of hydrogen-bond acceptors (Lipinski definition) is 2. The van der Waals surface area contributed by atoms with Crippen molar-refractivity contribution in [3.8, 4) is 0 Å². The van der Waals surface area contributed by atoms with Gasteiger partial charge >= 0.3 is 0 Å². The lowest BCUT2D eigenvalue weighted by Crippen LogP contribution is -2.07. The molecule has 0 aliphatic rings. The first-order valence-corrected chi connectivity index (χ1v) is 4.14. The van der Waals surface area contributed by atoms with Gasteiger partial charge in [-0.1, -0.05) is 18.6 Å². The average Bonchev–Trinajstić information content (AvgIpc) is 2.36. The highest BCUT2D eigenvalue weighted by molar-refractivity contribution is 4.94. The SMILES string of the molecule is CCCc1cnnn1C(C)C. The van der Waals surface area contributed by atoms with Crippen molar-refractivity contribution in [2.45, 2.75) is 39.7 Å². The van der Waals surface area contributed by atoms with Crippen LogP contribution in [0.2, 0.25) is 0 Å². The monoisotopic (exact) mass is 153 g/mol. The highest BCUT2D eigenvalue weighted by Crippen LogP contribution is 2.07. The molecule has 0 atom stereocenters. The molecule has 11 heavy (non-hydrogen) atoms. The van der Waals surface area contributed by atoms with Crippen LogP contribution in [0, 0.1) is 0 Å². The van der Waals surface area contributed by atoms with E-state index in [9.17, 15) is 0 Å². The Kier molecular flexibility index (Phi) is 2.63. The summed E-state index contributed by atoms with van der Waals surface area (Å²) in [5.41, 5.74) is 1.24. The van der Waals surface area contributed by atoms with E-state index < -0.39 is 0 Å². The van der Waals surface area contributed by atoms with Crippen LogP contribution < -0.4 is 0 Å². The Morgan fingerprint density at radius 3 is 2.82 bits per heavy atom. The van der Waals surface area contributed by atoms with Gasteiger partial charge in [0.15, 0.2) is 0 Å². The minimum atomic E-state index is 0.430. The smallest absolute Gasteiger partial charge is 0.0725 e. The van der Waals surface area contributed by atoms with Gasteiger partial charge in [-0.3, -0.25) is 0 Å². The van der Waals surface area contributed by atoms with Crippen LogP contribution in [0.15, 0.2) is 6.20 Å². The highest BCUT2D eigenvalue weighted by Gasteiger charge is 2.04. The summed E-state index contributed by atoms with van der Waals surface area (Å²) >= 11 is 0. The molecule has 0 amide bonds. The summed E-state index contributed by atoms with van der Waals surface area (Å²) < 4.78 is 1.98. The van der Waals surface area contributed by atoms with Crippen LogP contribution in [-0.2, 0) is 6.42 Å². The van der Waals surface area contributed by atoms with Crippen molar-refractivity contribution in [2.75, 3.05) is 0 Å². The van der Waals surface area contributed by atoms with Crippen LogP contribution in [-0.4, -0.2) is 15.0 Å². The fraction of sp³-hybridized carbons (Fsp3) is 0.750. The molecule has 3 heteroatoms. The summed E-state index contributed by atoms with van der Waals surface area (Å²) in [5, 5.41) is 7.88. The second-order valence-electron chi connectivity index (χ2n) is 3.01. The molecule has 1 heterocycles. The van der Waals surface area contributed by atoms with Crippen molar-refractivity contribution in [2.24, 2.45) is 0 Å². The van der Waals surface area contributed by atoms with Gasteiger partial charge in [0.25, 0.3) is 0 Å². The maximum atomic E-state index is 4.00. The molecule has 1 aromatic heterocycles. The third-order valence-electron chi connectivity index (χ3n) is 1.64. The Balaban J connectivity index is 2.78. The van der Waals surface area contributed by atoms with Gasteiger partial charge in [-0.2, -0.15) is 0 Å². The summed E-state index contributed by atoms with van der Waals surface area (Å²) in [7, 11) is 0. The Morgan fingerprint density at radius 1 is 1.55 bits per heavy atom. The molecule has 1 rings (SSSR count). The third-order valence-corrected chi connectivity index (χ3v) is 1.64. The minimum Gasteiger partial charge on any atom is -0.247 e. The summed E-state index contributed by atoms with van der Waals surface area (Å²) in [6.07, 6.45) is 4.08. The maximum absolute atomic E-state index is 4.00. The zero-order valence-electron chi connectivity index (χ0n) is 7.41. The molecule has 1 aromatic rings. The predicted molar refractivity (Wildman–Crippen MR) is 44.4 cm³/mol. The molecule has 0 N–H and O–H groups in total. The second-order valence-corrected chi connectivity index (χ2v) is 3.01. The van der Waals surface area contributed by atoms with Crippen molar-refractivity contribution in [1.29, 1.82) is 0 Å². The Bertz CT molecular complexity index is 215. The Morgan fingerprint density at radius 2 is 2.27 bits per heavy atom. The van der Waals surface area contributed by atoms with Crippen LogP contribution in [0.25, 0.3) is 0 Å². The molecule has 3 nitrogen and oxygen atoms in total. The van der Waals surface area contributed by atoms with Crippen LogP contribution in [0.4, 0.5) is 0 Å². The quantitative estimate of drug-likeness (QED) is 0.663. The second kappa shape index (κ2) is 3.51. The van der Waals surface area contributed by atoms with Gasteiger partial charge < -0.3 is 0 Å². The zero-order chi connectivity index (χ0) is 8.27. The first kappa shape index (κ1) is 8.24. The first-order valence-electron chi connectivity index (χ1n) is 4.14. The van der Waals surface area contributed by atoms with E-state index in [1.165, 1.54) is 5.69 Å². The predicted octanol–water partition coefficient (Wildman–Crippen LogP) is 1.81. The lowest BCUT2D eigenvalue weighted by molar-refractivity contribution is 0.492. The summed E-state index contributed by atoms with van der Waals surface area (Å²) in [6.45, 7) is 6.40. The van der Waals surface area contributed by atoms with Crippen LogP contribution in [0.1, 0.15) is 38.9 Å². The van der Waals surface area contributed by atoms with Gasteiger partial charge in [-0.05, 0) is 20.3 Å². The van der Waals surface area contributed by atoms with Gasteiger partial charge in [0.2, 0.25) is 0 Å². The lowest BCUT2D eigenvalue weighted by atomic mass is 10.2. The van der Waals surface area contributed by atoms with Gasteiger partial charge in [-0.15, -0.1) is 5.10 Å². The lowest BCUT2D eigenvalue weighted by Gasteiger charge is -2.07. The normalized spacial score (nSPS) is 10.9. The summed E-state index contributed by atoms with van der Waals surface area (Å²) in [6, 6.07) is 0.430. The number of hydrogen-bond donors (Lipinski definition) is 0. The van der Waals surface area contributed by atoms with Crippen LogP contribution in [0.5, 0.6) is 0 Å². The molecule has 0 bridgehead atoms. The van der Waals surface area contributed by atoms with Gasteiger partial charge in [0.1, 0.15) is 0 Å². The number of aromatic nitrogens is 3. The van der Waals surface area contributed by atoms with Crippen molar-refractivity contribution in [1.82, 2.24) is 15.0 Å². The standard InChI is InChI=1S/C8H15N3/c1-4-5-8-6-9-10-11(8)7(2)3/h6-7H,4-5H2,1-3H3. The van der Waals surface area contributed by atoms with Crippen molar-refractivity contribution in [3.63, 3.8) is 0 Å². The third kappa shape index (κ3) is 1.79. The molecule has 0 fully saturated rings. The van der Waals surface area contributed by atoms with E-state index in [1.54, 1.807) is 0 Å². The van der Waals surface area contributed by atoms with Gasteiger partial charge in [0, 0.05) is 6.04 Å². The zero-order valence-corrected chi connectivity index (χ0v) is 7.41. The molecule has 0 spiro atoms. The number of nitrogens with zero attached hydrogens (tertiary/aromatic N) is 3. The fourth-order valence-corrected chi connectivity index (χ4v) is 1.13. The molecule has 0 aromatic carbocycles. The topological polar surface area (TPSA) is 30.7 Å². The van der Waals surface area contributed by atoms with E-state index in [-0.39, 0.29) is 0 Å². The van der Waals surface area contributed by atoms with Crippen molar-refractivity contribution >= 4 is 0 Å². The molecular formula is C8H15N3. The largest absolute Gasteiger partial charge is 0.247 e. The van der Waals surface area contributed by atoms with Gasteiger partial charge in [0.05, 0.1) is 11.9 Å². The first-order chi connectivity index (χ1) is 5.25. The van der Waals surface area contributed by atoms with E-state index in [2.05, 4.69) is 31.1 Å². The van der Waals surface area contributed by atoms with E-state index in [0.29, 0.717) is 6.04 Å². The van der Waals surface area contributed by atoms with Crippen LogP contribution >= 0.6 is 0 Å². The molecular weight excluding hydrogens is 138 g/mol. The Hall–Kier alpha value is -0.860. The number of rotatable bonds is 3. The molecule has 0 aliphatic carbocycles. The van der Waals surface area contributed by atoms with E-state index in [0.717, 1.165) is 12.8 Å². The van der Waals surface area contributed by atoms with Gasteiger partial charge in [-0.25, -0.2) is 4.68 Å². The molecule has 0 saturated heterocycles. The molecule has 0 aliphatic heterocycles. The van der Waals surface area contributed by atoms with E-state index >= 15 is 0 Å². The highest BCUT2D eigenvalue weighted by atomic mass is 15.4. The fourth-order valence-electron chi connectivity index (χ4n) is 1.13. The summed E-state index contributed by atoms with van der Waals surface area (Å²) in [4.78, 5) is 0.